The zero-order chi connectivity index (χ0) is 36.7. The van der Waals surface area contributed by atoms with Gasteiger partial charge in [-0.15, -0.1) is 12.4 Å². The van der Waals surface area contributed by atoms with Crippen molar-refractivity contribution in [2.75, 3.05) is 34.4 Å². The minimum Gasteiger partial charge on any atom is -0.388 e. The lowest BCUT2D eigenvalue weighted by molar-refractivity contribution is 0.0938. The molecular weight excluding hydrogens is 684 g/mol. The molecule has 51 heavy (non-hydrogen) atoms. The lowest BCUT2D eigenvalue weighted by Gasteiger charge is -2.04. The van der Waals surface area contributed by atoms with Crippen molar-refractivity contribution in [3.8, 4) is 0 Å². The van der Waals surface area contributed by atoms with Crippen LogP contribution in [0, 0.1) is 10.8 Å². The maximum absolute atomic E-state index is 13.0. The fourth-order valence-corrected chi connectivity index (χ4v) is 4.92. The van der Waals surface area contributed by atoms with E-state index in [1.54, 1.807) is 62.1 Å². The molecule has 12 N–H and O–H groups in total. The van der Waals surface area contributed by atoms with E-state index in [-0.39, 0.29) is 73.2 Å². The quantitative estimate of drug-likeness (QED) is 0.0678. The Labute approximate surface area is 298 Å². The highest BCUT2D eigenvalue weighted by atomic mass is 35.5. The number of hydrogen-bond acceptors (Lipinski definition) is 7. The minimum absolute atomic E-state index is 0. The number of aromatic nitrogens is 4. The second kappa shape index (κ2) is 16.7. The van der Waals surface area contributed by atoms with Crippen molar-refractivity contribution < 1.29 is 24.0 Å². The number of hydrogen-bond donors (Lipinski definition) is 10. The van der Waals surface area contributed by atoms with Crippen molar-refractivity contribution in [1.82, 2.24) is 28.9 Å². The van der Waals surface area contributed by atoms with Gasteiger partial charge in [-0.1, -0.05) is 0 Å². The van der Waals surface area contributed by atoms with Crippen LogP contribution in [-0.2, 0) is 28.2 Å². The molecule has 4 aromatic heterocycles. The molecular formula is C31H41ClN14O5. The van der Waals surface area contributed by atoms with Crippen LogP contribution in [0.15, 0.2) is 49.1 Å². The monoisotopic (exact) mass is 724 g/mol. The molecule has 0 spiro atoms. The fraction of sp³-hybridized carbons (Fsp3) is 0.258. The molecule has 0 saturated heterocycles. The van der Waals surface area contributed by atoms with Crippen LogP contribution in [0.5, 0.6) is 0 Å². The average molecular weight is 725 g/mol. The summed E-state index contributed by atoms with van der Waals surface area (Å²) in [5.74, 6) is -1.80. The SMILES string of the molecule is Cl.Cn1cc(NC(=O)c2cc(NC(=O)Nc3cc(C(=O)Nc4cc(C(=O)NCCC(=N)N)n(C)c4)n(C)c3)cn2C)cc1C(=O)NCCC(=N)N. The first-order valence-electron chi connectivity index (χ1n) is 15.2. The molecule has 19 nitrogen and oxygen atoms in total. The summed E-state index contributed by atoms with van der Waals surface area (Å²) in [5, 5.41) is 30.7. The Hall–Kier alpha value is -6.50. The van der Waals surface area contributed by atoms with Crippen molar-refractivity contribution >= 4 is 76.5 Å². The fourth-order valence-electron chi connectivity index (χ4n) is 4.92. The highest BCUT2D eigenvalue weighted by molar-refractivity contribution is 6.08. The molecule has 0 aliphatic heterocycles. The second-order valence-corrected chi connectivity index (χ2v) is 11.4. The number of urea groups is 1. The van der Waals surface area contributed by atoms with E-state index in [0.29, 0.717) is 34.1 Å². The van der Waals surface area contributed by atoms with Gasteiger partial charge in [-0.05, 0) is 24.3 Å². The van der Waals surface area contributed by atoms with E-state index in [2.05, 4.69) is 31.9 Å². The smallest absolute Gasteiger partial charge is 0.323 e. The van der Waals surface area contributed by atoms with Gasteiger partial charge in [0, 0.05) is 78.9 Å². The summed E-state index contributed by atoms with van der Waals surface area (Å²) < 4.78 is 6.16. The van der Waals surface area contributed by atoms with Gasteiger partial charge in [-0.3, -0.25) is 30.0 Å². The Morgan fingerprint density at radius 3 is 1.10 bits per heavy atom. The zero-order valence-corrected chi connectivity index (χ0v) is 29.2. The number of carbonyl (C=O) groups excluding carboxylic acids is 5. The predicted octanol–water partition coefficient (Wildman–Crippen LogP) is 1.72. The van der Waals surface area contributed by atoms with Crippen molar-refractivity contribution in [3.63, 3.8) is 0 Å². The molecule has 4 rings (SSSR count). The molecule has 0 aliphatic rings. The summed E-state index contributed by atoms with van der Waals surface area (Å²) in [7, 11) is 6.58. The van der Waals surface area contributed by atoms with Crippen LogP contribution in [0.4, 0.5) is 27.5 Å². The van der Waals surface area contributed by atoms with Gasteiger partial charge in [0.1, 0.15) is 22.8 Å². The van der Waals surface area contributed by atoms with Crippen LogP contribution < -0.4 is 43.4 Å². The molecule has 0 bridgehead atoms. The number of nitrogens with zero attached hydrogens (tertiary/aromatic N) is 4. The number of aryl methyl sites for hydroxylation is 4. The summed E-state index contributed by atoms with van der Waals surface area (Å²) in [5.41, 5.74) is 13.1. The first-order valence-corrected chi connectivity index (χ1v) is 15.2. The number of nitrogens with one attached hydrogen (secondary N) is 8. The number of rotatable bonds is 14. The van der Waals surface area contributed by atoms with E-state index in [0.717, 1.165) is 0 Å². The molecule has 0 fully saturated rings. The Kier molecular flexibility index (Phi) is 12.8. The Bertz CT molecular complexity index is 1850. The van der Waals surface area contributed by atoms with E-state index in [1.807, 2.05) is 0 Å². The molecule has 4 heterocycles. The van der Waals surface area contributed by atoms with Gasteiger partial charge in [0.05, 0.1) is 34.4 Å². The Morgan fingerprint density at radius 1 is 0.529 bits per heavy atom. The van der Waals surface area contributed by atoms with Crippen molar-refractivity contribution in [3.05, 3.63) is 71.8 Å². The van der Waals surface area contributed by atoms with Crippen molar-refractivity contribution in [1.29, 1.82) is 10.8 Å². The van der Waals surface area contributed by atoms with E-state index in [9.17, 15) is 24.0 Å². The van der Waals surface area contributed by atoms with Gasteiger partial charge < -0.3 is 61.6 Å². The lowest BCUT2D eigenvalue weighted by atomic mass is 10.3. The van der Waals surface area contributed by atoms with Gasteiger partial charge in [0.15, 0.2) is 0 Å². The molecule has 272 valence electrons. The Morgan fingerprint density at radius 2 is 0.804 bits per heavy atom. The van der Waals surface area contributed by atoms with Crippen LogP contribution in [0.2, 0.25) is 0 Å². The van der Waals surface area contributed by atoms with Crippen LogP contribution in [0.3, 0.4) is 0 Å². The molecule has 0 aliphatic carbocycles. The largest absolute Gasteiger partial charge is 0.388 e. The lowest BCUT2D eigenvalue weighted by Crippen LogP contribution is -2.28. The number of carbonyl (C=O) groups is 5. The van der Waals surface area contributed by atoms with E-state index in [1.165, 1.54) is 33.4 Å². The zero-order valence-electron chi connectivity index (χ0n) is 28.3. The molecule has 4 aromatic rings. The van der Waals surface area contributed by atoms with Crippen LogP contribution in [-0.4, -0.2) is 72.7 Å². The van der Waals surface area contributed by atoms with Gasteiger partial charge in [-0.25, -0.2) is 4.79 Å². The number of anilines is 4. The van der Waals surface area contributed by atoms with Gasteiger partial charge >= 0.3 is 6.03 Å². The summed E-state index contributed by atoms with van der Waals surface area (Å²) in [6.07, 6.45) is 6.70. The third kappa shape index (κ3) is 10.2. The molecule has 0 radical (unpaired) electrons. The number of halogens is 1. The van der Waals surface area contributed by atoms with E-state index >= 15 is 0 Å². The van der Waals surface area contributed by atoms with Crippen LogP contribution in [0.25, 0.3) is 0 Å². The minimum atomic E-state index is -0.618. The summed E-state index contributed by atoms with van der Waals surface area (Å²) in [6.45, 7) is 0.412. The van der Waals surface area contributed by atoms with E-state index < -0.39 is 17.8 Å². The highest BCUT2D eigenvalue weighted by Gasteiger charge is 2.19. The Balaban J connectivity index is 0.00000702. The average Bonchev–Trinajstić information content (AvgIpc) is 3.77. The highest BCUT2D eigenvalue weighted by Crippen LogP contribution is 2.20. The summed E-state index contributed by atoms with van der Waals surface area (Å²) >= 11 is 0. The van der Waals surface area contributed by atoms with Crippen LogP contribution in [0.1, 0.15) is 54.8 Å². The van der Waals surface area contributed by atoms with Gasteiger partial charge in [0.25, 0.3) is 23.6 Å². The predicted molar refractivity (Wildman–Crippen MR) is 195 cm³/mol. The topological polar surface area (TPSA) is 277 Å². The molecule has 0 unspecified atom stereocenters. The standard InChI is InChI=1S/C31H40N14O5.ClH/c1-42-13-17(9-21(42)27(46)36-7-5-25(32)33)38-29(48)23-11-19(15-44(23)3)40-31(50)41-20-12-24(45(4)16-20)30(49)39-18-10-22(43(2)14-18)28(47)37-8-6-26(34)35;/h9-16H,5-8H2,1-4H3,(H3,32,33)(H3,34,35)(H,36,46)(H,37,47)(H,38,48)(H,39,49)(H2,40,41,50);1H. The maximum atomic E-state index is 13.0. The molecule has 20 heteroatoms. The molecule has 6 amide bonds. The third-order valence-electron chi connectivity index (χ3n) is 7.34. The maximum Gasteiger partial charge on any atom is 0.323 e. The van der Waals surface area contributed by atoms with Crippen LogP contribution >= 0.6 is 12.4 Å². The normalized spacial score (nSPS) is 10.4. The number of amides is 6. The second-order valence-electron chi connectivity index (χ2n) is 11.4. The first-order chi connectivity index (χ1) is 23.6. The van der Waals surface area contributed by atoms with Gasteiger partial charge in [-0.2, -0.15) is 0 Å². The molecule has 0 aromatic carbocycles. The number of nitrogens with two attached hydrogens (primary N) is 2. The van der Waals surface area contributed by atoms with Gasteiger partial charge in [0.2, 0.25) is 0 Å². The molecule has 0 saturated carbocycles. The molecule has 0 atom stereocenters. The number of amidine groups is 2. The van der Waals surface area contributed by atoms with E-state index in [4.69, 9.17) is 22.3 Å². The summed E-state index contributed by atoms with van der Waals surface area (Å²) in [6, 6.07) is 5.37. The van der Waals surface area contributed by atoms with Crippen molar-refractivity contribution in [2.24, 2.45) is 39.7 Å². The van der Waals surface area contributed by atoms with Crippen molar-refractivity contribution in [2.45, 2.75) is 12.8 Å². The third-order valence-corrected chi connectivity index (χ3v) is 7.34. The summed E-state index contributed by atoms with van der Waals surface area (Å²) in [4.78, 5) is 63.8. The first kappa shape index (κ1) is 38.9.